The Kier molecular flexibility index (Phi) is 5.32. The zero-order chi connectivity index (χ0) is 14.4. The third kappa shape index (κ3) is 3.92. The topological polar surface area (TPSA) is 46.5 Å². The summed E-state index contributed by atoms with van der Waals surface area (Å²) < 4.78 is 4.61. The van der Waals surface area contributed by atoms with E-state index in [-0.39, 0.29) is 5.97 Å². The highest BCUT2D eigenvalue weighted by Crippen LogP contribution is 2.26. The van der Waals surface area contributed by atoms with Crippen molar-refractivity contribution in [1.29, 1.82) is 0 Å². The summed E-state index contributed by atoms with van der Waals surface area (Å²) >= 11 is 1.55. The fourth-order valence-electron chi connectivity index (χ4n) is 2.02. The second kappa shape index (κ2) is 7.22. The van der Waals surface area contributed by atoms with Gasteiger partial charge in [0, 0.05) is 11.3 Å². The molecular weight excluding hydrogens is 272 g/mol. The molecule has 2 rings (SSSR count). The van der Waals surface area contributed by atoms with Crippen molar-refractivity contribution in [3.05, 3.63) is 57.8 Å². The minimum Gasteiger partial charge on any atom is -0.469 e. The quantitative estimate of drug-likeness (QED) is 0.830. The van der Waals surface area contributed by atoms with Crippen LogP contribution in [0.1, 0.15) is 34.9 Å². The highest BCUT2D eigenvalue weighted by Gasteiger charge is 2.11. The second-order valence-electron chi connectivity index (χ2n) is 4.59. The molecule has 0 aliphatic heterocycles. The third-order valence-corrected chi connectivity index (χ3v) is 4.11. The summed E-state index contributed by atoms with van der Waals surface area (Å²) in [5.74, 6) is -0.172. The van der Waals surface area contributed by atoms with Gasteiger partial charge in [-0.05, 0) is 35.4 Å². The van der Waals surface area contributed by atoms with Crippen molar-refractivity contribution in [2.45, 2.75) is 25.4 Å². The van der Waals surface area contributed by atoms with Gasteiger partial charge in [-0.15, -0.1) is 11.3 Å². The molecule has 2 aromatic rings. The lowest BCUT2D eigenvalue weighted by molar-refractivity contribution is -0.140. The molecule has 0 aliphatic rings. The Bertz CT molecular complexity index is 531. The predicted molar refractivity (Wildman–Crippen MR) is 79.8 cm³/mol. The molecule has 0 saturated carbocycles. The monoisotopic (exact) mass is 290 g/mol. The molecule has 4 heteroatoms. The maximum absolute atomic E-state index is 11.0. The Balaban J connectivity index is 1.91. The molecule has 0 radical (unpaired) electrons. The standard InChI is InChI=1S/C16H18O3S/c1-19-15(17)6-2-4-12-7-9-13(10-8-12)16(18)14-5-3-11-20-14/h3,5,7-11,16,18H,2,4,6H2,1H3. The molecule has 0 bridgehead atoms. The van der Waals surface area contributed by atoms with E-state index in [1.54, 1.807) is 11.3 Å². The smallest absolute Gasteiger partial charge is 0.305 e. The van der Waals surface area contributed by atoms with E-state index in [0.717, 1.165) is 28.8 Å². The predicted octanol–water partition coefficient (Wildman–Crippen LogP) is 3.33. The lowest BCUT2D eigenvalue weighted by Gasteiger charge is -2.09. The van der Waals surface area contributed by atoms with Crippen LogP contribution in [-0.4, -0.2) is 18.2 Å². The maximum atomic E-state index is 11.0. The molecule has 1 unspecified atom stereocenters. The van der Waals surface area contributed by atoms with Gasteiger partial charge in [0.1, 0.15) is 6.10 Å². The van der Waals surface area contributed by atoms with Crippen molar-refractivity contribution in [2.24, 2.45) is 0 Å². The van der Waals surface area contributed by atoms with E-state index >= 15 is 0 Å². The number of carbonyl (C=O) groups is 1. The lowest BCUT2D eigenvalue weighted by atomic mass is 10.0. The summed E-state index contributed by atoms with van der Waals surface area (Å²) in [6.45, 7) is 0. The number of aliphatic hydroxyl groups excluding tert-OH is 1. The minimum atomic E-state index is -0.556. The number of aliphatic hydroxyl groups is 1. The van der Waals surface area contributed by atoms with E-state index in [0.29, 0.717) is 6.42 Å². The Hall–Kier alpha value is -1.65. The normalized spacial score (nSPS) is 12.1. The summed E-state index contributed by atoms with van der Waals surface area (Å²) in [4.78, 5) is 12.0. The average Bonchev–Trinajstić information content (AvgIpc) is 3.01. The molecule has 1 aromatic carbocycles. The molecule has 1 N–H and O–H groups in total. The van der Waals surface area contributed by atoms with Gasteiger partial charge >= 0.3 is 5.97 Å². The van der Waals surface area contributed by atoms with E-state index in [9.17, 15) is 9.90 Å². The van der Waals surface area contributed by atoms with Gasteiger partial charge in [0.2, 0.25) is 0 Å². The van der Waals surface area contributed by atoms with Crippen LogP contribution in [0.15, 0.2) is 41.8 Å². The average molecular weight is 290 g/mol. The largest absolute Gasteiger partial charge is 0.469 e. The second-order valence-corrected chi connectivity index (χ2v) is 5.57. The van der Waals surface area contributed by atoms with E-state index in [4.69, 9.17) is 0 Å². The van der Waals surface area contributed by atoms with Crippen molar-refractivity contribution in [1.82, 2.24) is 0 Å². The number of hydrogen-bond donors (Lipinski definition) is 1. The number of thiophene rings is 1. The fraction of sp³-hybridized carbons (Fsp3) is 0.312. The fourth-order valence-corrected chi connectivity index (χ4v) is 2.75. The van der Waals surface area contributed by atoms with E-state index in [1.807, 2.05) is 41.8 Å². The highest BCUT2D eigenvalue weighted by atomic mass is 32.1. The van der Waals surface area contributed by atoms with Gasteiger partial charge < -0.3 is 9.84 Å². The van der Waals surface area contributed by atoms with Crippen LogP contribution < -0.4 is 0 Å². The zero-order valence-corrected chi connectivity index (χ0v) is 12.2. The first-order chi connectivity index (χ1) is 9.70. The number of aryl methyl sites for hydroxylation is 1. The Morgan fingerprint density at radius 3 is 2.65 bits per heavy atom. The van der Waals surface area contributed by atoms with Gasteiger partial charge in [0.15, 0.2) is 0 Å². The molecule has 106 valence electrons. The first-order valence-electron chi connectivity index (χ1n) is 6.58. The summed E-state index contributed by atoms with van der Waals surface area (Å²) in [6.07, 6.45) is 1.50. The van der Waals surface area contributed by atoms with Gasteiger partial charge in [0.05, 0.1) is 7.11 Å². The Labute approximate surface area is 122 Å². The van der Waals surface area contributed by atoms with Crippen molar-refractivity contribution in [3.63, 3.8) is 0 Å². The summed E-state index contributed by atoms with van der Waals surface area (Å²) in [6, 6.07) is 11.8. The number of benzene rings is 1. The van der Waals surface area contributed by atoms with E-state index < -0.39 is 6.10 Å². The minimum absolute atomic E-state index is 0.172. The van der Waals surface area contributed by atoms with Crippen molar-refractivity contribution in [2.75, 3.05) is 7.11 Å². The highest BCUT2D eigenvalue weighted by molar-refractivity contribution is 7.10. The number of carbonyl (C=O) groups excluding carboxylic acids is 1. The molecule has 1 aromatic heterocycles. The van der Waals surface area contributed by atoms with Crippen LogP contribution in [0.25, 0.3) is 0 Å². The summed E-state index contributed by atoms with van der Waals surface area (Å²) in [5, 5.41) is 12.2. The number of ether oxygens (including phenoxy) is 1. The van der Waals surface area contributed by atoms with Gasteiger partial charge in [-0.1, -0.05) is 30.3 Å². The number of methoxy groups -OCH3 is 1. The van der Waals surface area contributed by atoms with Crippen molar-refractivity contribution < 1.29 is 14.6 Å². The number of esters is 1. The SMILES string of the molecule is COC(=O)CCCc1ccc(C(O)c2cccs2)cc1. The molecule has 0 amide bonds. The lowest BCUT2D eigenvalue weighted by Crippen LogP contribution is -2.01. The number of rotatable bonds is 6. The van der Waals surface area contributed by atoms with Crippen molar-refractivity contribution in [3.8, 4) is 0 Å². The molecule has 0 saturated heterocycles. The van der Waals surface area contributed by atoms with Gasteiger partial charge in [0.25, 0.3) is 0 Å². The summed E-state index contributed by atoms with van der Waals surface area (Å²) in [7, 11) is 1.41. The third-order valence-electron chi connectivity index (χ3n) is 3.18. The van der Waals surface area contributed by atoms with Crippen LogP contribution in [-0.2, 0) is 16.0 Å². The Morgan fingerprint density at radius 1 is 1.30 bits per heavy atom. The van der Waals surface area contributed by atoms with Crippen LogP contribution in [0.3, 0.4) is 0 Å². The molecule has 0 fully saturated rings. The van der Waals surface area contributed by atoms with Crippen LogP contribution in [0.2, 0.25) is 0 Å². The molecule has 20 heavy (non-hydrogen) atoms. The van der Waals surface area contributed by atoms with Gasteiger partial charge in [-0.3, -0.25) is 4.79 Å². The first-order valence-corrected chi connectivity index (χ1v) is 7.46. The molecule has 0 aliphatic carbocycles. The van der Waals surface area contributed by atoms with Crippen LogP contribution in [0.4, 0.5) is 0 Å². The van der Waals surface area contributed by atoms with Crippen LogP contribution >= 0.6 is 11.3 Å². The number of hydrogen-bond acceptors (Lipinski definition) is 4. The molecule has 3 nitrogen and oxygen atoms in total. The van der Waals surface area contributed by atoms with Crippen LogP contribution in [0.5, 0.6) is 0 Å². The molecule has 1 atom stereocenters. The van der Waals surface area contributed by atoms with Gasteiger partial charge in [-0.25, -0.2) is 0 Å². The van der Waals surface area contributed by atoms with Crippen molar-refractivity contribution >= 4 is 17.3 Å². The van der Waals surface area contributed by atoms with E-state index in [2.05, 4.69) is 4.74 Å². The Morgan fingerprint density at radius 2 is 2.05 bits per heavy atom. The van der Waals surface area contributed by atoms with Gasteiger partial charge in [-0.2, -0.15) is 0 Å². The molecule has 1 heterocycles. The zero-order valence-electron chi connectivity index (χ0n) is 11.4. The van der Waals surface area contributed by atoms with E-state index in [1.165, 1.54) is 7.11 Å². The van der Waals surface area contributed by atoms with Crippen LogP contribution in [0, 0.1) is 0 Å². The first kappa shape index (κ1) is 14.8. The summed E-state index contributed by atoms with van der Waals surface area (Å²) in [5.41, 5.74) is 2.06. The maximum Gasteiger partial charge on any atom is 0.305 e. The molecular formula is C16H18O3S. The molecule has 0 spiro atoms.